The summed E-state index contributed by atoms with van der Waals surface area (Å²) in [4.78, 5) is 27.0. The van der Waals surface area contributed by atoms with E-state index in [2.05, 4.69) is 48.1 Å². The van der Waals surface area contributed by atoms with Gasteiger partial charge in [-0.05, 0) is 69.3 Å². The summed E-state index contributed by atoms with van der Waals surface area (Å²) < 4.78 is 7.07. The molecule has 2 aliphatic heterocycles. The number of anilines is 1. The number of hydrogen-bond donors (Lipinski definition) is 1. The molecular weight excluding hydrogens is 492 g/mol. The van der Waals surface area contributed by atoms with Gasteiger partial charge in [0.1, 0.15) is 17.7 Å². The minimum atomic E-state index is -0.867. The zero-order valence-corrected chi connectivity index (χ0v) is 23.0. The lowest BCUT2D eigenvalue weighted by atomic mass is 9.59. The van der Waals surface area contributed by atoms with E-state index in [-0.39, 0.29) is 5.41 Å². The molecule has 6 rings (SSSR count). The molecule has 0 saturated carbocycles. The fourth-order valence-electron chi connectivity index (χ4n) is 7.80. The van der Waals surface area contributed by atoms with Gasteiger partial charge < -0.3 is 24.5 Å². The Morgan fingerprint density at radius 2 is 2.08 bits per heavy atom. The Bertz CT molecular complexity index is 1290. The first-order valence-corrected chi connectivity index (χ1v) is 14.3. The van der Waals surface area contributed by atoms with Crippen molar-refractivity contribution in [3.8, 4) is 6.07 Å². The number of ether oxygens (including phenoxy) is 1. The SMILES string of the molecule is CC1=C2C=CCC=C2C2(CCc3c(ncnc3N3CCN(C(=O)O)CC3)C2)[C@@]1(CC#N)OC[C@@H]1CCCN1C. The van der Waals surface area contributed by atoms with Crippen LogP contribution in [0.15, 0.2) is 41.3 Å². The molecule has 1 aromatic rings. The smallest absolute Gasteiger partial charge is 0.407 e. The number of carboxylic acid groups (broad SMARTS) is 1. The summed E-state index contributed by atoms with van der Waals surface area (Å²) in [5, 5.41) is 19.6. The highest BCUT2D eigenvalue weighted by Gasteiger charge is 2.62. The zero-order valence-electron chi connectivity index (χ0n) is 23.0. The number of nitrogens with zero attached hydrogens (tertiary/aromatic N) is 6. The van der Waals surface area contributed by atoms with E-state index in [0.29, 0.717) is 51.7 Å². The maximum atomic E-state index is 11.4. The number of piperazine rings is 1. The van der Waals surface area contributed by atoms with Gasteiger partial charge in [0.2, 0.25) is 0 Å². The summed E-state index contributed by atoms with van der Waals surface area (Å²) in [5.41, 5.74) is 4.86. The van der Waals surface area contributed by atoms with Crippen LogP contribution in [0.1, 0.15) is 50.3 Å². The Hall–Kier alpha value is -3.22. The van der Waals surface area contributed by atoms with Crippen LogP contribution < -0.4 is 4.90 Å². The molecule has 1 N–H and O–H groups in total. The van der Waals surface area contributed by atoms with Gasteiger partial charge in [-0.15, -0.1) is 0 Å². The molecular formula is C30H38N6O3. The normalized spacial score (nSPS) is 30.4. The highest BCUT2D eigenvalue weighted by Crippen LogP contribution is 2.63. The summed E-state index contributed by atoms with van der Waals surface area (Å²) in [6.45, 7) is 6.07. The predicted octanol–water partition coefficient (Wildman–Crippen LogP) is 3.73. The average molecular weight is 531 g/mol. The molecule has 206 valence electrons. The van der Waals surface area contributed by atoms with Crippen LogP contribution in [-0.4, -0.2) is 89.0 Å². The van der Waals surface area contributed by atoms with E-state index in [1.165, 1.54) is 28.0 Å². The van der Waals surface area contributed by atoms with Gasteiger partial charge in [-0.1, -0.05) is 18.2 Å². The van der Waals surface area contributed by atoms with Crippen molar-refractivity contribution >= 4 is 11.9 Å². The first kappa shape index (κ1) is 26.0. The zero-order chi connectivity index (χ0) is 27.2. The Morgan fingerprint density at radius 3 is 2.79 bits per heavy atom. The second kappa shape index (κ2) is 10.1. The van der Waals surface area contributed by atoms with E-state index in [1.54, 1.807) is 6.33 Å². The number of allylic oxidation sites excluding steroid dienone is 4. The van der Waals surface area contributed by atoms with Gasteiger partial charge in [0, 0.05) is 49.6 Å². The third-order valence-corrected chi connectivity index (χ3v) is 9.99. The molecule has 2 saturated heterocycles. The maximum Gasteiger partial charge on any atom is 0.407 e. The Morgan fingerprint density at radius 1 is 1.26 bits per heavy atom. The average Bonchev–Trinajstić information content (AvgIpc) is 3.45. The monoisotopic (exact) mass is 530 g/mol. The number of aromatic nitrogens is 2. The molecule has 2 fully saturated rings. The lowest BCUT2D eigenvalue weighted by Crippen LogP contribution is -2.54. The van der Waals surface area contributed by atoms with Crippen molar-refractivity contribution in [3.63, 3.8) is 0 Å². The molecule has 3 atom stereocenters. The third kappa shape index (κ3) is 4.07. The fraction of sp³-hybridized carbons (Fsp3) is 0.600. The summed E-state index contributed by atoms with van der Waals surface area (Å²) in [6.07, 6.45) is 13.4. The standard InChI is InChI=1S/C30H38N6O3/c1-21-23-7-3-4-8-25(23)29(30(21,11-12-31)39-19-22-6-5-13-34(22)2)10-9-24-26(18-29)32-20-33-27(24)35-14-16-36(17-15-35)28(37)38/h3,7-8,20,22H,4-6,9-11,13-19H2,1-2H3,(H,37,38)/t22-,29?,30-/m0/s1. The molecule has 1 unspecified atom stereocenters. The first-order valence-electron chi connectivity index (χ1n) is 14.3. The van der Waals surface area contributed by atoms with Crippen molar-refractivity contribution in [2.24, 2.45) is 5.41 Å². The van der Waals surface area contributed by atoms with Gasteiger partial charge in [0.25, 0.3) is 0 Å². The largest absolute Gasteiger partial charge is 0.465 e. The van der Waals surface area contributed by atoms with Crippen LogP contribution in [0, 0.1) is 16.7 Å². The quantitative estimate of drug-likeness (QED) is 0.614. The summed E-state index contributed by atoms with van der Waals surface area (Å²) in [6, 6.07) is 2.90. The lowest BCUT2D eigenvalue weighted by Gasteiger charge is -2.50. The molecule has 39 heavy (non-hydrogen) atoms. The second-order valence-electron chi connectivity index (χ2n) is 11.7. The van der Waals surface area contributed by atoms with Crippen LogP contribution in [0.3, 0.4) is 0 Å². The van der Waals surface area contributed by atoms with Gasteiger partial charge in [-0.3, -0.25) is 0 Å². The minimum Gasteiger partial charge on any atom is -0.465 e. The molecule has 1 aromatic heterocycles. The van der Waals surface area contributed by atoms with E-state index in [0.717, 1.165) is 49.3 Å². The first-order chi connectivity index (χ1) is 18.9. The van der Waals surface area contributed by atoms with Crippen LogP contribution in [-0.2, 0) is 17.6 Å². The molecule has 3 aliphatic carbocycles. The highest BCUT2D eigenvalue weighted by atomic mass is 16.5. The van der Waals surface area contributed by atoms with Crippen molar-refractivity contribution in [2.75, 3.05) is 51.3 Å². The van der Waals surface area contributed by atoms with E-state index in [1.807, 2.05) is 0 Å². The molecule has 1 spiro atoms. The van der Waals surface area contributed by atoms with Gasteiger partial charge in [0.05, 0.1) is 24.8 Å². The van der Waals surface area contributed by atoms with Crippen LogP contribution in [0.5, 0.6) is 0 Å². The van der Waals surface area contributed by atoms with Gasteiger partial charge in [-0.2, -0.15) is 5.26 Å². The van der Waals surface area contributed by atoms with Crippen molar-refractivity contribution in [2.45, 2.75) is 63.5 Å². The van der Waals surface area contributed by atoms with Crippen LogP contribution in [0.25, 0.3) is 0 Å². The van der Waals surface area contributed by atoms with Crippen LogP contribution in [0.4, 0.5) is 10.6 Å². The number of fused-ring (bicyclic) bond motifs is 3. The molecule has 5 aliphatic rings. The fourth-order valence-corrected chi connectivity index (χ4v) is 7.80. The molecule has 0 radical (unpaired) electrons. The lowest BCUT2D eigenvalue weighted by molar-refractivity contribution is -0.102. The molecule has 1 amide bonds. The van der Waals surface area contributed by atoms with E-state index in [4.69, 9.17) is 14.7 Å². The van der Waals surface area contributed by atoms with Crippen LogP contribution in [0.2, 0.25) is 0 Å². The predicted molar refractivity (Wildman–Crippen MR) is 147 cm³/mol. The number of likely N-dealkylation sites (tertiary alicyclic amines) is 1. The van der Waals surface area contributed by atoms with Gasteiger partial charge >= 0.3 is 6.09 Å². The summed E-state index contributed by atoms with van der Waals surface area (Å²) in [5.74, 6) is 0.930. The van der Waals surface area contributed by atoms with Crippen molar-refractivity contribution < 1.29 is 14.6 Å². The van der Waals surface area contributed by atoms with Crippen molar-refractivity contribution in [1.82, 2.24) is 19.8 Å². The summed E-state index contributed by atoms with van der Waals surface area (Å²) >= 11 is 0. The molecule has 0 aromatic carbocycles. The maximum absolute atomic E-state index is 11.4. The molecule has 0 bridgehead atoms. The minimum absolute atomic E-state index is 0.314. The Labute approximate surface area is 230 Å². The highest BCUT2D eigenvalue weighted by molar-refractivity contribution is 5.66. The van der Waals surface area contributed by atoms with E-state index in [9.17, 15) is 15.2 Å². The van der Waals surface area contributed by atoms with Crippen molar-refractivity contribution in [1.29, 1.82) is 5.26 Å². The Kier molecular flexibility index (Phi) is 6.72. The number of nitriles is 1. The number of amides is 1. The topological polar surface area (TPSA) is 106 Å². The molecule has 9 nitrogen and oxygen atoms in total. The Balaban J connectivity index is 1.37. The van der Waals surface area contributed by atoms with Gasteiger partial charge in [0.15, 0.2) is 0 Å². The molecule has 9 heteroatoms. The number of carbonyl (C=O) groups is 1. The van der Waals surface area contributed by atoms with Crippen molar-refractivity contribution in [3.05, 3.63) is 52.5 Å². The number of likely N-dealkylation sites (N-methyl/N-ethyl adjacent to an activating group) is 1. The van der Waals surface area contributed by atoms with E-state index >= 15 is 0 Å². The van der Waals surface area contributed by atoms with E-state index < -0.39 is 11.7 Å². The van der Waals surface area contributed by atoms with Crippen LogP contribution >= 0.6 is 0 Å². The second-order valence-corrected chi connectivity index (χ2v) is 11.7. The van der Waals surface area contributed by atoms with Gasteiger partial charge in [-0.25, -0.2) is 14.8 Å². The summed E-state index contributed by atoms with van der Waals surface area (Å²) in [7, 11) is 2.17. The third-order valence-electron chi connectivity index (χ3n) is 9.99. The molecule has 3 heterocycles. The number of hydrogen-bond acceptors (Lipinski definition) is 7. The number of rotatable bonds is 5.